The van der Waals surface area contributed by atoms with Crippen LogP contribution in [0.3, 0.4) is 0 Å². The van der Waals surface area contributed by atoms with E-state index in [9.17, 15) is 18.5 Å². The second-order valence-corrected chi connectivity index (χ2v) is 8.12. The Bertz CT molecular complexity index is 925. The van der Waals surface area contributed by atoms with Crippen LogP contribution in [0.15, 0.2) is 47.4 Å². The predicted molar refractivity (Wildman–Crippen MR) is 95.3 cm³/mol. The Morgan fingerprint density at radius 3 is 2.36 bits per heavy atom. The van der Waals surface area contributed by atoms with Crippen molar-refractivity contribution in [2.24, 2.45) is 5.14 Å². The van der Waals surface area contributed by atoms with Gasteiger partial charge in [-0.1, -0.05) is 23.7 Å². The fourth-order valence-electron chi connectivity index (χ4n) is 2.78. The van der Waals surface area contributed by atoms with Crippen molar-refractivity contribution in [1.82, 2.24) is 0 Å². The molecule has 132 valence electrons. The van der Waals surface area contributed by atoms with Crippen molar-refractivity contribution in [1.29, 1.82) is 0 Å². The number of nitrogens with two attached hydrogens (primary N) is 1. The van der Waals surface area contributed by atoms with Crippen molar-refractivity contribution in [2.75, 3.05) is 11.9 Å². The molecule has 1 aliphatic carbocycles. The summed E-state index contributed by atoms with van der Waals surface area (Å²) in [5.74, 6) is 0. The van der Waals surface area contributed by atoms with E-state index in [4.69, 9.17) is 16.7 Å². The highest BCUT2D eigenvalue weighted by molar-refractivity contribution is 7.89. The molecule has 1 aliphatic rings. The highest BCUT2D eigenvalue weighted by Crippen LogP contribution is 2.48. The van der Waals surface area contributed by atoms with Crippen molar-refractivity contribution in [2.45, 2.75) is 23.2 Å². The minimum absolute atomic E-state index is 0.0862. The molecule has 0 saturated heterocycles. The van der Waals surface area contributed by atoms with Crippen molar-refractivity contribution in [3.63, 3.8) is 0 Å². The molecule has 1 fully saturated rings. The third-order valence-electron chi connectivity index (χ3n) is 4.42. The zero-order valence-corrected chi connectivity index (χ0v) is 14.7. The van der Waals surface area contributed by atoms with Crippen molar-refractivity contribution in [3.8, 4) is 0 Å². The van der Waals surface area contributed by atoms with Crippen molar-refractivity contribution < 1.29 is 13.3 Å². The van der Waals surface area contributed by atoms with Crippen molar-refractivity contribution in [3.05, 3.63) is 63.2 Å². The van der Waals surface area contributed by atoms with E-state index in [1.54, 1.807) is 0 Å². The first-order valence-corrected chi connectivity index (χ1v) is 9.45. The van der Waals surface area contributed by atoms with Gasteiger partial charge in [0.1, 0.15) is 5.69 Å². The molecule has 0 amide bonds. The summed E-state index contributed by atoms with van der Waals surface area (Å²) in [5, 5.41) is 20.0. The van der Waals surface area contributed by atoms with E-state index in [1.165, 1.54) is 12.1 Å². The van der Waals surface area contributed by atoms with E-state index in [2.05, 4.69) is 5.32 Å². The summed E-state index contributed by atoms with van der Waals surface area (Å²) in [5.41, 5.74) is 0.973. The standard InChI is InChI=1S/C16H16ClN3O4S/c17-12-3-1-11(2-4-12)16(7-8-16)10-19-14-6-5-13(25(18,23)24)9-15(14)20(21)22/h1-6,9,19H,7-8,10H2,(H2,18,23,24). The Labute approximate surface area is 150 Å². The average Bonchev–Trinajstić information content (AvgIpc) is 3.33. The number of hydrogen-bond acceptors (Lipinski definition) is 5. The van der Waals surface area contributed by atoms with E-state index >= 15 is 0 Å². The quantitative estimate of drug-likeness (QED) is 0.589. The van der Waals surface area contributed by atoms with Gasteiger partial charge >= 0.3 is 0 Å². The lowest BCUT2D eigenvalue weighted by atomic mass is 9.96. The number of nitrogens with one attached hydrogen (secondary N) is 1. The smallest absolute Gasteiger partial charge is 0.293 e. The van der Waals surface area contributed by atoms with Crippen LogP contribution >= 0.6 is 11.6 Å². The van der Waals surface area contributed by atoms with Crippen LogP contribution in [0.5, 0.6) is 0 Å². The maximum atomic E-state index is 11.4. The molecule has 0 aromatic heterocycles. The molecule has 25 heavy (non-hydrogen) atoms. The summed E-state index contributed by atoms with van der Waals surface area (Å²) >= 11 is 5.91. The zero-order valence-electron chi connectivity index (χ0n) is 13.1. The third-order valence-corrected chi connectivity index (χ3v) is 5.58. The first-order valence-electron chi connectivity index (χ1n) is 7.52. The summed E-state index contributed by atoms with van der Waals surface area (Å²) in [6, 6.07) is 11.1. The second kappa shape index (κ2) is 6.29. The average molecular weight is 382 g/mol. The molecular weight excluding hydrogens is 366 g/mol. The number of primary sulfonamides is 1. The van der Waals surface area contributed by atoms with E-state index in [1.807, 2.05) is 24.3 Å². The lowest BCUT2D eigenvalue weighted by Gasteiger charge is -2.18. The molecule has 0 unspecified atom stereocenters. The lowest BCUT2D eigenvalue weighted by Crippen LogP contribution is -2.20. The van der Waals surface area contributed by atoms with Crippen LogP contribution in [0, 0.1) is 10.1 Å². The van der Waals surface area contributed by atoms with E-state index in [0.717, 1.165) is 24.5 Å². The Hall–Kier alpha value is -2.16. The summed E-state index contributed by atoms with van der Waals surface area (Å²) in [6.07, 6.45) is 1.93. The minimum atomic E-state index is -4.00. The van der Waals surface area contributed by atoms with Gasteiger partial charge in [0.15, 0.2) is 0 Å². The van der Waals surface area contributed by atoms with Gasteiger partial charge in [-0.3, -0.25) is 10.1 Å². The van der Waals surface area contributed by atoms with Crippen LogP contribution in [0.2, 0.25) is 5.02 Å². The maximum Gasteiger partial charge on any atom is 0.293 e. The molecule has 0 heterocycles. The van der Waals surface area contributed by atoms with E-state index < -0.39 is 14.9 Å². The van der Waals surface area contributed by atoms with Gasteiger partial charge in [0, 0.05) is 23.0 Å². The molecule has 0 atom stereocenters. The Balaban J connectivity index is 1.83. The van der Waals surface area contributed by atoms with Gasteiger partial charge in [-0.05, 0) is 42.7 Å². The number of rotatable bonds is 6. The summed E-state index contributed by atoms with van der Waals surface area (Å²) in [4.78, 5) is 10.3. The number of nitrogens with zero attached hydrogens (tertiary/aromatic N) is 1. The van der Waals surface area contributed by atoms with Crippen LogP contribution in [-0.4, -0.2) is 19.9 Å². The summed E-state index contributed by atoms with van der Waals surface area (Å²) in [7, 11) is -4.00. The molecule has 3 N–H and O–H groups in total. The molecular formula is C16H16ClN3O4S. The molecule has 0 bridgehead atoms. The van der Waals surface area contributed by atoms with Crippen LogP contribution in [-0.2, 0) is 15.4 Å². The molecule has 0 spiro atoms. The Morgan fingerprint density at radius 1 is 1.20 bits per heavy atom. The maximum absolute atomic E-state index is 11.4. The van der Waals surface area contributed by atoms with Gasteiger partial charge in [0.2, 0.25) is 10.0 Å². The normalized spacial score (nSPS) is 15.6. The fourth-order valence-corrected chi connectivity index (χ4v) is 3.43. The molecule has 3 rings (SSSR count). The SMILES string of the molecule is NS(=O)(=O)c1ccc(NCC2(c3ccc(Cl)cc3)CC2)c([N+](=O)[O-])c1. The monoisotopic (exact) mass is 381 g/mol. The highest BCUT2D eigenvalue weighted by atomic mass is 35.5. The number of nitro benzene ring substituents is 1. The molecule has 2 aromatic carbocycles. The van der Waals surface area contributed by atoms with Gasteiger partial charge in [-0.15, -0.1) is 0 Å². The summed E-state index contributed by atoms with van der Waals surface area (Å²) in [6.45, 7) is 0.504. The molecule has 2 aromatic rings. The first-order chi connectivity index (χ1) is 11.7. The van der Waals surface area contributed by atoms with Crippen molar-refractivity contribution >= 4 is 33.0 Å². The van der Waals surface area contributed by atoms with Gasteiger partial charge in [-0.2, -0.15) is 0 Å². The van der Waals surface area contributed by atoms with Gasteiger partial charge in [-0.25, -0.2) is 13.6 Å². The van der Waals surface area contributed by atoms with Crippen LogP contribution in [0.25, 0.3) is 0 Å². The largest absolute Gasteiger partial charge is 0.379 e. The fraction of sp³-hybridized carbons (Fsp3) is 0.250. The van der Waals surface area contributed by atoms with Gasteiger partial charge < -0.3 is 5.32 Å². The van der Waals surface area contributed by atoms with Crippen LogP contribution < -0.4 is 10.5 Å². The van der Waals surface area contributed by atoms with Gasteiger partial charge in [0.25, 0.3) is 5.69 Å². The van der Waals surface area contributed by atoms with E-state index in [-0.39, 0.29) is 21.7 Å². The summed E-state index contributed by atoms with van der Waals surface area (Å²) < 4.78 is 22.8. The predicted octanol–water partition coefficient (Wildman–Crippen LogP) is 3.04. The molecule has 7 nitrogen and oxygen atoms in total. The third kappa shape index (κ3) is 3.76. The Kier molecular flexibility index (Phi) is 4.44. The number of hydrogen-bond donors (Lipinski definition) is 2. The molecule has 9 heteroatoms. The minimum Gasteiger partial charge on any atom is -0.379 e. The number of sulfonamides is 1. The van der Waals surface area contributed by atoms with Gasteiger partial charge in [0.05, 0.1) is 9.82 Å². The number of benzene rings is 2. The molecule has 0 radical (unpaired) electrons. The van der Waals surface area contributed by atoms with E-state index in [0.29, 0.717) is 11.6 Å². The first kappa shape index (κ1) is 17.7. The Morgan fingerprint density at radius 2 is 1.84 bits per heavy atom. The molecule has 0 aliphatic heterocycles. The topological polar surface area (TPSA) is 115 Å². The van der Waals surface area contributed by atoms with Crippen LogP contribution in [0.1, 0.15) is 18.4 Å². The number of anilines is 1. The number of nitro groups is 1. The van der Waals surface area contributed by atoms with Crippen LogP contribution in [0.4, 0.5) is 11.4 Å². The number of halogens is 1. The highest BCUT2D eigenvalue weighted by Gasteiger charge is 2.44. The lowest BCUT2D eigenvalue weighted by molar-refractivity contribution is -0.384. The second-order valence-electron chi connectivity index (χ2n) is 6.12. The zero-order chi connectivity index (χ0) is 18.2. The molecule has 1 saturated carbocycles.